The molecule has 186 valence electrons. The minimum atomic E-state index is -0.342. The molecule has 2 heterocycles. The number of aromatic nitrogens is 4. The largest absolute Gasteiger partial charge is 0.505 e. The summed E-state index contributed by atoms with van der Waals surface area (Å²) in [6, 6.07) is 0. The fraction of sp³-hybridized carbons (Fsp3) is 0.591. The Hall–Kier alpha value is -1.71. The van der Waals surface area contributed by atoms with Gasteiger partial charge in [0.2, 0.25) is 10.6 Å². The van der Waals surface area contributed by atoms with Gasteiger partial charge in [0.05, 0.1) is 31.4 Å². The molecule has 2 aromatic rings. The van der Waals surface area contributed by atoms with Crippen LogP contribution in [0.15, 0.2) is 24.8 Å². The predicted molar refractivity (Wildman–Crippen MR) is 134 cm³/mol. The van der Waals surface area contributed by atoms with Crippen LogP contribution in [-0.2, 0) is 9.53 Å². The first-order valence-corrected chi connectivity index (χ1v) is 12.5. The van der Waals surface area contributed by atoms with Gasteiger partial charge in [-0.25, -0.2) is 19.9 Å². The summed E-state index contributed by atoms with van der Waals surface area (Å²) in [6.45, 7) is 8.53. The summed E-state index contributed by atoms with van der Waals surface area (Å²) in [5.41, 5.74) is -0.342. The van der Waals surface area contributed by atoms with Crippen LogP contribution in [0.2, 0.25) is 10.6 Å². The molecule has 0 aromatic carbocycles. The third-order valence-electron chi connectivity index (χ3n) is 3.40. The maximum Gasteiger partial charge on any atom is 0.306 e. The van der Waals surface area contributed by atoms with Gasteiger partial charge in [0.15, 0.2) is 11.5 Å². The molecule has 0 saturated carbocycles. The van der Waals surface area contributed by atoms with E-state index in [1.807, 2.05) is 20.8 Å². The number of ether oxygens (including phenoxy) is 2. The Morgan fingerprint density at radius 1 is 0.970 bits per heavy atom. The van der Waals surface area contributed by atoms with Crippen molar-refractivity contribution in [3.63, 3.8) is 0 Å². The Labute approximate surface area is 214 Å². The van der Waals surface area contributed by atoms with Crippen molar-refractivity contribution < 1.29 is 19.4 Å². The van der Waals surface area contributed by atoms with Crippen LogP contribution in [0, 0.1) is 0 Å². The fourth-order valence-electron chi connectivity index (χ4n) is 1.98. The lowest BCUT2D eigenvalue weighted by molar-refractivity contribution is -0.154. The Balaban J connectivity index is 0.000000478. The molecule has 0 aliphatic rings. The van der Waals surface area contributed by atoms with Gasteiger partial charge in [-0.3, -0.25) is 4.79 Å². The van der Waals surface area contributed by atoms with Crippen molar-refractivity contribution in [1.29, 1.82) is 0 Å². The van der Waals surface area contributed by atoms with Gasteiger partial charge in [-0.05, 0) is 63.2 Å². The van der Waals surface area contributed by atoms with Crippen LogP contribution in [0.25, 0.3) is 0 Å². The number of unbranched alkanes of at least 4 members (excludes halogenated alkanes) is 3. The Morgan fingerprint density at radius 3 is 1.97 bits per heavy atom. The summed E-state index contributed by atoms with van der Waals surface area (Å²) >= 11 is 14.1. The molecule has 1 N–H and O–H groups in total. The summed E-state index contributed by atoms with van der Waals surface area (Å²) in [6.07, 6.45) is 11.5. The Kier molecular flexibility index (Phi) is 17.7. The van der Waals surface area contributed by atoms with Crippen LogP contribution in [0.5, 0.6) is 11.5 Å². The second kappa shape index (κ2) is 18.7. The van der Waals surface area contributed by atoms with Crippen molar-refractivity contribution in [1.82, 2.24) is 19.9 Å². The third-order valence-corrected chi connectivity index (χ3v) is 4.36. The SMILES string of the molecule is CC(C)(C)OC(=O)CCCCBr.CCCCCOc1cnc(Cl)nc1.Oc1cnc(Cl)nc1. The van der Waals surface area contributed by atoms with E-state index >= 15 is 0 Å². The molecule has 0 atom stereocenters. The second-order valence-corrected chi connectivity index (χ2v) is 9.16. The average Bonchev–Trinajstić information content (AvgIpc) is 2.74. The predicted octanol–water partition coefficient (Wildman–Crippen LogP) is 6.43. The molecule has 2 rings (SSSR count). The van der Waals surface area contributed by atoms with Gasteiger partial charge in [-0.1, -0.05) is 35.7 Å². The van der Waals surface area contributed by atoms with Gasteiger partial charge in [-0.2, -0.15) is 0 Å². The minimum absolute atomic E-state index is 0.0226. The summed E-state index contributed by atoms with van der Waals surface area (Å²) in [5.74, 6) is 0.610. The summed E-state index contributed by atoms with van der Waals surface area (Å²) in [5, 5.41) is 9.92. The van der Waals surface area contributed by atoms with Crippen molar-refractivity contribution >= 4 is 45.1 Å². The van der Waals surface area contributed by atoms with Gasteiger partial charge >= 0.3 is 5.97 Å². The van der Waals surface area contributed by atoms with Crippen LogP contribution in [0.3, 0.4) is 0 Å². The van der Waals surface area contributed by atoms with E-state index in [1.165, 1.54) is 25.2 Å². The number of carbonyl (C=O) groups excluding carboxylic acids is 1. The molecule has 0 unspecified atom stereocenters. The zero-order valence-corrected chi connectivity index (χ0v) is 22.7. The van der Waals surface area contributed by atoms with E-state index in [4.69, 9.17) is 37.8 Å². The molecule has 0 saturated heterocycles. The highest BCUT2D eigenvalue weighted by Gasteiger charge is 2.15. The molecule has 33 heavy (non-hydrogen) atoms. The van der Waals surface area contributed by atoms with Crippen LogP contribution in [0.4, 0.5) is 0 Å². The highest BCUT2D eigenvalue weighted by atomic mass is 79.9. The molecule has 0 radical (unpaired) electrons. The highest BCUT2D eigenvalue weighted by Crippen LogP contribution is 2.10. The number of carbonyl (C=O) groups is 1. The summed E-state index contributed by atoms with van der Waals surface area (Å²) in [7, 11) is 0. The van der Waals surface area contributed by atoms with Crippen molar-refractivity contribution in [2.24, 2.45) is 0 Å². The molecular formula is C22H33BrCl2N4O4. The molecule has 0 spiro atoms. The lowest BCUT2D eigenvalue weighted by Gasteiger charge is -2.19. The van der Waals surface area contributed by atoms with E-state index in [0.29, 0.717) is 12.2 Å². The van der Waals surface area contributed by atoms with Gasteiger partial charge in [0, 0.05) is 11.8 Å². The summed E-state index contributed by atoms with van der Waals surface area (Å²) < 4.78 is 10.5. The number of nitrogens with zero attached hydrogens (tertiary/aromatic N) is 4. The maximum absolute atomic E-state index is 11.1. The number of hydrogen-bond donors (Lipinski definition) is 1. The van der Waals surface area contributed by atoms with Crippen molar-refractivity contribution in [3.05, 3.63) is 35.4 Å². The first kappa shape index (κ1) is 31.3. The molecule has 0 aliphatic carbocycles. The van der Waals surface area contributed by atoms with Crippen molar-refractivity contribution in [2.45, 2.75) is 71.8 Å². The Morgan fingerprint density at radius 2 is 1.52 bits per heavy atom. The van der Waals surface area contributed by atoms with E-state index in [2.05, 4.69) is 42.8 Å². The van der Waals surface area contributed by atoms with Crippen LogP contribution in [0.1, 0.15) is 66.2 Å². The first-order valence-electron chi connectivity index (χ1n) is 10.6. The molecule has 8 nitrogen and oxygen atoms in total. The van der Waals surface area contributed by atoms with E-state index in [0.717, 1.165) is 31.2 Å². The third kappa shape index (κ3) is 20.6. The standard InChI is InChI=1S/C9H17BrO2.C9H13ClN2O.C4H3ClN2O/c1-9(2,3)12-8(11)6-4-5-7-10;1-2-3-4-5-13-8-6-11-9(10)12-7-8;5-4-6-1-3(8)2-7-4/h4-7H2,1-3H3;6-7H,2-5H2,1H3;1-2,8H. The van der Waals surface area contributed by atoms with Crippen molar-refractivity contribution in [2.75, 3.05) is 11.9 Å². The molecule has 2 aromatic heterocycles. The smallest absolute Gasteiger partial charge is 0.306 e. The normalized spacial score (nSPS) is 10.3. The number of halogens is 3. The van der Waals surface area contributed by atoms with E-state index in [-0.39, 0.29) is 27.9 Å². The number of rotatable bonds is 9. The van der Waals surface area contributed by atoms with Crippen molar-refractivity contribution in [3.8, 4) is 11.5 Å². The van der Waals surface area contributed by atoms with E-state index in [9.17, 15) is 4.79 Å². The fourth-order valence-corrected chi connectivity index (χ4v) is 2.57. The molecule has 0 amide bonds. The van der Waals surface area contributed by atoms with E-state index in [1.54, 1.807) is 12.4 Å². The zero-order valence-electron chi connectivity index (χ0n) is 19.6. The molecule has 0 aliphatic heterocycles. The molecule has 0 bridgehead atoms. The van der Waals surface area contributed by atoms with Gasteiger partial charge in [0.25, 0.3) is 0 Å². The number of hydrogen-bond acceptors (Lipinski definition) is 8. The number of esters is 1. The number of alkyl halides is 1. The second-order valence-electron chi connectivity index (χ2n) is 7.69. The van der Waals surface area contributed by atoms with Crippen LogP contribution in [-0.4, -0.2) is 48.5 Å². The minimum Gasteiger partial charge on any atom is -0.505 e. The summed E-state index contributed by atoms with van der Waals surface area (Å²) in [4.78, 5) is 25.7. The topological polar surface area (TPSA) is 107 Å². The van der Waals surface area contributed by atoms with Crippen LogP contribution >= 0.6 is 39.1 Å². The van der Waals surface area contributed by atoms with Gasteiger partial charge < -0.3 is 14.6 Å². The average molecular weight is 568 g/mol. The lowest BCUT2D eigenvalue weighted by Crippen LogP contribution is -2.23. The van der Waals surface area contributed by atoms with Gasteiger partial charge in [0.1, 0.15) is 5.60 Å². The van der Waals surface area contributed by atoms with E-state index < -0.39 is 0 Å². The first-order chi connectivity index (χ1) is 15.6. The van der Waals surface area contributed by atoms with Crippen LogP contribution < -0.4 is 4.74 Å². The molecule has 11 heteroatoms. The molecular weight excluding hydrogens is 535 g/mol. The maximum atomic E-state index is 11.1. The number of aromatic hydroxyl groups is 1. The lowest BCUT2D eigenvalue weighted by atomic mass is 10.2. The monoisotopic (exact) mass is 566 g/mol. The molecule has 0 fully saturated rings. The zero-order chi connectivity index (χ0) is 25.1. The Bertz CT molecular complexity index is 739. The van der Waals surface area contributed by atoms with Gasteiger partial charge in [-0.15, -0.1) is 0 Å². The highest BCUT2D eigenvalue weighted by molar-refractivity contribution is 9.09. The quantitative estimate of drug-likeness (QED) is 0.160.